The summed E-state index contributed by atoms with van der Waals surface area (Å²) in [7, 11) is 4.61. The van der Waals surface area contributed by atoms with Crippen molar-refractivity contribution in [2.24, 2.45) is 5.73 Å². The van der Waals surface area contributed by atoms with Crippen molar-refractivity contribution in [3.8, 4) is 0 Å². The van der Waals surface area contributed by atoms with Crippen LogP contribution in [0.2, 0.25) is 0 Å². The molecule has 1 aliphatic heterocycles. The first-order valence-corrected chi connectivity index (χ1v) is 8.93. The van der Waals surface area contributed by atoms with Crippen molar-refractivity contribution in [1.29, 1.82) is 0 Å². The van der Waals surface area contributed by atoms with Gasteiger partial charge in [-0.1, -0.05) is 37.3 Å². The Hall–Kier alpha value is -0.875. The molecule has 0 amide bonds. The van der Waals surface area contributed by atoms with Gasteiger partial charge >= 0.3 is 7.55 Å². The highest BCUT2D eigenvalue weighted by molar-refractivity contribution is 6.28. The van der Waals surface area contributed by atoms with Gasteiger partial charge in [0.15, 0.2) is 0 Å². The van der Waals surface area contributed by atoms with Crippen LogP contribution >= 0.6 is 0 Å². The summed E-state index contributed by atoms with van der Waals surface area (Å²) in [6.07, 6.45) is 2.15. The molecular weight excluding hydrogens is 283 g/mol. The quantitative estimate of drug-likeness (QED) is 0.806. The average molecular weight is 315 g/mol. The maximum atomic E-state index is 5.73. The fraction of sp³-hybridized carbons (Fsp3) is 0.667. The molecule has 0 aromatic heterocycles. The van der Waals surface area contributed by atoms with Gasteiger partial charge in [0.2, 0.25) is 0 Å². The first-order valence-electron chi connectivity index (χ1n) is 8.93. The van der Waals surface area contributed by atoms with Gasteiger partial charge in [0.1, 0.15) is 0 Å². The molecule has 1 radical (unpaired) electrons. The Labute approximate surface area is 142 Å². The second-order valence-corrected chi connectivity index (χ2v) is 6.72. The second kappa shape index (κ2) is 9.43. The largest absolute Gasteiger partial charge is 0.330 e. The fourth-order valence-corrected chi connectivity index (χ4v) is 3.39. The summed E-state index contributed by atoms with van der Waals surface area (Å²) in [5.41, 5.74) is 7.15. The van der Waals surface area contributed by atoms with Crippen molar-refractivity contribution >= 4 is 7.55 Å². The standard InChI is InChI=1S/C18H32BN4/c1-4-23-16(2)14-21(3)18(13-17-9-6-5-7-10-17)15-22(19-23)12-8-11-20/h5-7,9-10,16,18H,4,8,11-15,20H2,1-3H3/t16-,18+/m1/s1. The summed E-state index contributed by atoms with van der Waals surface area (Å²) < 4.78 is 0. The predicted molar refractivity (Wildman–Crippen MR) is 99.4 cm³/mol. The van der Waals surface area contributed by atoms with Crippen LogP contribution in [-0.4, -0.2) is 73.9 Å². The minimum absolute atomic E-state index is 0.531. The van der Waals surface area contributed by atoms with E-state index in [2.05, 4.69) is 73.3 Å². The smallest absolute Gasteiger partial charge is 0.313 e. The molecule has 0 bridgehead atoms. The Balaban J connectivity index is 2.09. The van der Waals surface area contributed by atoms with Crippen LogP contribution < -0.4 is 5.73 Å². The molecule has 2 atom stereocenters. The molecule has 127 valence electrons. The zero-order valence-electron chi connectivity index (χ0n) is 15.0. The molecule has 1 aromatic carbocycles. The summed E-state index contributed by atoms with van der Waals surface area (Å²) in [4.78, 5) is 7.45. The third-order valence-corrected chi connectivity index (χ3v) is 4.83. The minimum Gasteiger partial charge on any atom is -0.330 e. The highest BCUT2D eigenvalue weighted by Crippen LogP contribution is 2.15. The van der Waals surface area contributed by atoms with E-state index in [4.69, 9.17) is 5.73 Å². The van der Waals surface area contributed by atoms with E-state index in [-0.39, 0.29) is 0 Å². The maximum Gasteiger partial charge on any atom is 0.313 e. The number of nitrogens with zero attached hydrogens (tertiary/aromatic N) is 3. The number of rotatable bonds is 6. The molecule has 1 aromatic rings. The molecule has 0 spiro atoms. The van der Waals surface area contributed by atoms with Crippen LogP contribution in [0.15, 0.2) is 30.3 Å². The molecule has 1 saturated heterocycles. The molecule has 23 heavy (non-hydrogen) atoms. The summed E-state index contributed by atoms with van der Waals surface area (Å²) >= 11 is 0. The van der Waals surface area contributed by atoms with Gasteiger partial charge in [-0.25, -0.2) is 0 Å². The molecule has 0 aliphatic carbocycles. The van der Waals surface area contributed by atoms with Crippen molar-refractivity contribution in [1.82, 2.24) is 14.5 Å². The topological polar surface area (TPSA) is 35.7 Å². The van der Waals surface area contributed by atoms with Gasteiger partial charge in [-0.15, -0.1) is 0 Å². The zero-order valence-corrected chi connectivity index (χ0v) is 15.0. The fourth-order valence-electron chi connectivity index (χ4n) is 3.39. The monoisotopic (exact) mass is 315 g/mol. The number of hydrogen-bond acceptors (Lipinski definition) is 4. The second-order valence-electron chi connectivity index (χ2n) is 6.72. The van der Waals surface area contributed by atoms with E-state index in [0.29, 0.717) is 12.1 Å². The summed E-state index contributed by atoms with van der Waals surface area (Å²) in [5.74, 6) is 0. The first kappa shape index (κ1) is 18.5. The van der Waals surface area contributed by atoms with Gasteiger partial charge < -0.3 is 20.3 Å². The lowest BCUT2D eigenvalue weighted by Gasteiger charge is -2.42. The molecule has 4 nitrogen and oxygen atoms in total. The van der Waals surface area contributed by atoms with Crippen LogP contribution in [0.4, 0.5) is 0 Å². The predicted octanol–water partition coefficient (Wildman–Crippen LogP) is 1.44. The van der Waals surface area contributed by atoms with E-state index in [1.807, 2.05) is 0 Å². The summed E-state index contributed by atoms with van der Waals surface area (Å²) in [6, 6.07) is 11.9. The van der Waals surface area contributed by atoms with E-state index in [0.717, 1.165) is 45.6 Å². The normalized spacial score (nSPS) is 24.9. The summed E-state index contributed by atoms with van der Waals surface area (Å²) in [5, 5.41) is 0. The van der Waals surface area contributed by atoms with Crippen molar-refractivity contribution in [3.05, 3.63) is 35.9 Å². The Morgan fingerprint density at radius 1 is 1.22 bits per heavy atom. The Bertz CT molecular complexity index is 442. The average Bonchev–Trinajstić information content (AvgIpc) is 2.56. The molecule has 2 N–H and O–H groups in total. The summed E-state index contributed by atoms with van der Waals surface area (Å²) in [6.45, 7) is 9.57. The van der Waals surface area contributed by atoms with Crippen LogP contribution in [-0.2, 0) is 6.42 Å². The van der Waals surface area contributed by atoms with E-state index >= 15 is 0 Å². The highest BCUT2D eigenvalue weighted by atomic mass is 15.3. The maximum absolute atomic E-state index is 5.73. The highest BCUT2D eigenvalue weighted by Gasteiger charge is 2.28. The van der Waals surface area contributed by atoms with Gasteiger partial charge in [-0.3, -0.25) is 0 Å². The minimum atomic E-state index is 0.531. The molecule has 0 saturated carbocycles. The van der Waals surface area contributed by atoms with Crippen LogP contribution in [0.5, 0.6) is 0 Å². The molecule has 2 rings (SSSR count). The van der Waals surface area contributed by atoms with Crippen molar-refractivity contribution in [2.75, 3.05) is 39.8 Å². The number of benzene rings is 1. The molecule has 0 unspecified atom stereocenters. The van der Waals surface area contributed by atoms with E-state index in [1.165, 1.54) is 5.56 Å². The SMILES string of the molecule is CCN1[B]N(CCCN)C[C@H](Cc2ccccc2)N(C)C[C@H]1C. The van der Waals surface area contributed by atoms with Gasteiger partial charge in [0, 0.05) is 25.2 Å². The van der Waals surface area contributed by atoms with Crippen LogP contribution in [0.1, 0.15) is 25.8 Å². The Kier molecular flexibility index (Phi) is 7.57. The molecular formula is C18H32BN4. The Morgan fingerprint density at radius 2 is 1.96 bits per heavy atom. The van der Waals surface area contributed by atoms with Gasteiger partial charge in [0.25, 0.3) is 0 Å². The third kappa shape index (κ3) is 5.61. The lowest BCUT2D eigenvalue weighted by Crippen LogP contribution is -2.58. The van der Waals surface area contributed by atoms with E-state index in [9.17, 15) is 0 Å². The van der Waals surface area contributed by atoms with Crippen molar-refractivity contribution in [2.45, 2.75) is 38.8 Å². The van der Waals surface area contributed by atoms with Gasteiger partial charge in [-0.05, 0) is 52.0 Å². The van der Waals surface area contributed by atoms with Crippen molar-refractivity contribution < 1.29 is 0 Å². The van der Waals surface area contributed by atoms with Gasteiger partial charge in [-0.2, -0.15) is 0 Å². The van der Waals surface area contributed by atoms with E-state index < -0.39 is 0 Å². The van der Waals surface area contributed by atoms with Gasteiger partial charge in [0.05, 0.1) is 0 Å². The molecule has 1 aliphatic rings. The van der Waals surface area contributed by atoms with E-state index in [1.54, 1.807) is 0 Å². The van der Waals surface area contributed by atoms with Crippen LogP contribution in [0.3, 0.4) is 0 Å². The first-order chi connectivity index (χ1) is 11.1. The number of nitrogens with two attached hydrogens (primary N) is 1. The van der Waals surface area contributed by atoms with Crippen molar-refractivity contribution in [3.63, 3.8) is 0 Å². The van der Waals surface area contributed by atoms with Crippen LogP contribution in [0.25, 0.3) is 0 Å². The zero-order chi connectivity index (χ0) is 16.7. The Morgan fingerprint density at radius 3 is 2.61 bits per heavy atom. The molecule has 1 heterocycles. The lowest BCUT2D eigenvalue weighted by atomic mass is 9.93. The number of likely N-dealkylation sites (N-methyl/N-ethyl adjacent to an activating group) is 2. The molecule has 5 heteroatoms. The number of hydrogen-bond donors (Lipinski definition) is 1. The lowest BCUT2D eigenvalue weighted by molar-refractivity contribution is 0.141. The molecule has 1 fully saturated rings. The third-order valence-electron chi connectivity index (χ3n) is 4.83. The van der Waals surface area contributed by atoms with Crippen LogP contribution in [0, 0.1) is 0 Å².